The number of phenolic OH excluding ortho intramolecular Hbond substituents is 3. The zero-order valence-corrected chi connectivity index (χ0v) is 21.9. The number of ketones is 1. The lowest BCUT2D eigenvalue weighted by atomic mass is 9.95. The molecule has 220 valence electrons. The highest BCUT2D eigenvalue weighted by atomic mass is 16.7. The highest BCUT2D eigenvalue weighted by Gasteiger charge is 2.48. The highest BCUT2D eigenvalue weighted by Crippen LogP contribution is 2.42. The summed E-state index contributed by atoms with van der Waals surface area (Å²) < 4.78 is 22.7. The van der Waals surface area contributed by atoms with Gasteiger partial charge in [0, 0.05) is 18.2 Å². The lowest BCUT2D eigenvalue weighted by molar-refractivity contribution is -0.281. The van der Waals surface area contributed by atoms with Gasteiger partial charge in [-0.05, 0) is 41.5 Å². The first kappa shape index (κ1) is 28.9. The molecule has 3 aromatic rings. The Bertz CT molecular complexity index is 1470. The Kier molecular flexibility index (Phi) is 8.31. The molecule has 42 heavy (non-hydrogen) atoms. The smallest absolute Gasteiger partial charge is 0.331 e. The number of fused-ring (bicyclic) bond motifs is 1. The van der Waals surface area contributed by atoms with Crippen LogP contribution in [0.15, 0.2) is 66.7 Å². The normalized spacial score (nSPS) is 25.5. The van der Waals surface area contributed by atoms with Crippen molar-refractivity contribution in [2.24, 2.45) is 0 Å². The summed E-state index contributed by atoms with van der Waals surface area (Å²) in [5.74, 6) is -1.75. The number of rotatable bonds is 7. The lowest BCUT2D eigenvalue weighted by Gasteiger charge is -2.41. The van der Waals surface area contributed by atoms with E-state index in [9.17, 15) is 40.2 Å². The second-order valence-corrected chi connectivity index (χ2v) is 9.79. The molecule has 1 fully saturated rings. The molecule has 2 aliphatic rings. The van der Waals surface area contributed by atoms with Gasteiger partial charge in [0.2, 0.25) is 6.29 Å². The second-order valence-electron chi connectivity index (χ2n) is 9.79. The van der Waals surface area contributed by atoms with E-state index in [1.54, 1.807) is 24.3 Å². The fourth-order valence-corrected chi connectivity index (χ4v) is 4.69. The highest BCUT2D eigenvalue weighted by molar-refractivity contribution is 6.02. The summed E-state index contributed by atoms with van der Waals surface area (Å²) in [5.41, 5.74) is 1.12. The van der Waals surface area contributed by atoms with E-state index in [1.807, 2.05) is 0 Å². The maximum atomic E-state index is 12.9. The van der Waals surface area contributed by atoms with Gasteiger partial charge < -0.3 is 49.6 Å². The fourth-order valence-electron chi connectivity index (χ4n) is 4.69. The average molecular weight is 581 g/mol. The van der Waals surface area contributed by atoms with Crippen molar-refractivity contribution in [3.63, 3.8) is 0 Å². The predicted molar refractivity (Wildman–Crippen MR) is 144 cm³/mol. The van der Waals surface area contributed by atoms with Gasteiger partial charge in [-0.15, -0.1) is 0 Å². The van der Waals surface area contributed by atoms with Gasteiger partial charge in [-0.2, -0.15) is 0 Å². The molecule has 0 amide bonds. The fraction of sp³-hybridized carbons (Fsp3) is 0.267. The summed E-state index contributed by atoms with van der Waals surface area (Å²) in [6.07, 6.45) is -6.09. The number of benzene rings is 3. The first-order valence-electron chi connectivity index (χ1n) is 13.0. The molecule has 0 bridgehead atoms. The molecule has 12 heteroatoms. The number of hydrogen-bond donors (Lipinski definition) is 6. The molecular weight excluding hydrogens is 552 g/mol. The van der Waals surface area contributed by atoms with Crippen LogP contribution >= 0.6 is 0 Å². The standard InChI is InChI=1S/C30H28O12/c31-14-24-27(37)28(38)29(42-25(36)10-3-15-1-6-17(32)7-2-15)30(41-24)39-19-11-20(34)26-21(35)13-22(40-23(26)12-19)16-4-8-18(33)9-5-16/h1-12,22,24,27-34,37-38H,13-14H2/t22-,24-,27+,28-,29+,30-/m0/s1. The van der Waals surface area contributed by atoms with E-state index < -0.39 is 60.9 Å². The van der Waals surface area contributed by atoms with E-state index in [0.717, 1.165) is 12.1 Å². The van der Waals surface area contributed by atoms with Crippen LogP contribution in [-0.2, 0) is 14.3 Å². The molecule has 1 saturated heterocycles. The molecule has 5 rings (SSSR count). The van der Waals surface area contributed by atoms with Crippen LogP contribution in [0, 0.1) is 0 Å². The molecule has 0 spiro atoms. The van der Waals surface area contributed by atoms with Gasteiger partial charge in [0.25, 0.3) is 0 Å². The molecular formula is C30H28O12. The second kappa shape index (κ2) is 12.1. The van der Waals surface area contributed by atoms with Gasteiger partial charge in [0.15, 0.2) is 11.9 Å². The summed E-state index contributed by atoms with van der Waals surface area (Å²) >= 11 is 0. The van der Waals surface area contributed by atoms with Crippen molar-refractivity contribution in [2.45, 2.75) is 43.2 Å². The van der Waals surface area contributed by atoms with Gasteiger partial charge in [0.1, 0.15) is 58.7 Å². The van der Waals surface area contributed by atoms with Crippen LogP contribution in [0.25, 0.3) is 6.08 Å². The molecule has 2 aliphatic heterocycles. The van der Waals surface area contributed by atoms with Crippen LogP contribution in [0.1, 0.15) is 34.0 Å². The minimum absolute atomic E-state index is 0.000184. The molecule has 0 saturated carbocycles. The molecule has 6 atom stereocenters. The van der Waals surface area contributed by atoms with E-state index in [0.29, 0.717) is 11.1 Å². The Morgan fingerprint density at radius 3 is 2.29 bits per heavy atom. The summed E-state index contributed by atoms with van der Waals surface area (Å²) in [7, 11) is 0. The Hall–Kier alpha value is -4.62. The minimum atomic E-state index is -1.73. The van der Waals surface area contributed by atoms with Gasteiger partial charge >= 0.3 is 5.97 Å². The first-order chi connectivity index (χ1) is 20.1. The van der Waals surface area contributed by atoms with E-state index in [2.05, 4.69) is 0 Å². The summed E-state index contributed by atoms with van der Waals surface area (Å²) in [5, 5.41) is 60.4. The van der Waals surface area contributed by atoms with Crippen LogP contribution in [0.3, 0.4) is 0 Å². The first-order valence-corrected chi connectivity index (χ1v) is 13.0. The third-order valence-electron chi connectivity index (χ3n) is 6.87. The molecule has 0 unspecified atom stereocenters. The van der Waals surface area contributed by atoms with E-state index >= 15 is 0 Å². The average Bonchev–Trinajstić information content (AvgIpc) is 2.96. The number of esters is 1. The molecule has 2 heterocycles. The summed E-state index contributed by atoms with van der Waals surface area (Å²) in [6, 6.07) is 14.5. The third-order valence-corrected chi connectivity index (χ3v) is 6.87. The molecule has 12 nitrogen and oxygen atoms in total. The van der Waals surface area contributed by atoms with Crippen molar-refractivity contribution >= 4 is 17.8 Å². The van der Waals surface area contributed by atoms with Gasteiger partial charge in [0.05, 0.1) is 13.0 Å². The van der Waals surface area contributed by atoms with Crippen LogP contribution < -0.4 is 9.47 Å². The third kappa shape index (κ3) is 6.16. The SMILES string of the molecule is O=C(C=Cc1ccc(O)cc1)O[C@H]1[C@@H](Oc2cc(O)c3c(c2)O[C@H](c2ccc(O)cc2)CC3=O)O[C@@H](CO)[C@@H](O)[C@@H]1O. The zero-order chi connectivity index (χ0) is 30.0. The number of carbonyl (C=O) groups is 2. The molecule has 0 aliphatic carbocycles. The van der Waals surface area contributed by atoms with Crippen molar-refractivity contribution in [3.05, 3.63) is 83.4 Å². The number of phenols is 3. The zero-order valence-electron chi connectivity index (χ0n) is 21.9. The van der Waals surface area contributed by atoms with Crippen molar-refractivity contribution in [3.8, 4) is 28.7 Å². The number of aliphatic hydroxyl groups is 3. The van der Waals surface area contributed by atoms with Crippen molar-refractivity contribution in [1.29, 1.82) is 0 Å². The van der Waals surface area contributed by atoms with Crippen LogP contribution in [0.5, 0.6) is 28.7 Å². The van der Waals surface area contributed by atoms with Gasteiger partial charge in [-0.1, -0.05) is 24.3 Å². The Labute approximate surface area is 239 Å². The largest absolute Gasteiger partial charge is 0.508 e. The summed E-state index contributed by atoms with van der Waals surface area (Å²) in [6.45, 7) is -0.694. The van der Waals surface area contributed by atoms with Crippen molar-refractivity contribution < 1.29 is 59.2 Å². The Morgan fingerprint density at radius 1 is 0.952 bits per heavy atom. The van der Waals surface area contributed by atoms with Gasteiger partial charge in [-0.3, -0.25) is 4.79 Å². The van der Waals surface area contributed by atoms with Gasteiger partial charge in [-0.25, -0.2) is 4.79 Å². The number of aliphatic hydroxyl groups excluding tert-OH is 3. The molecule has 0 radical (unpaired) electrons. The number of ether oxygens (including phenoxy) is 4. The lowest BCUT2D eigenvalue weighted by Crippen LogP contribution is -2.61. The Balaban J connectivity index is 1.38. The maximum Gasteiger partial charge on any atom is 0.331 e. The number of Topliss-reactive ketones (excluding diaryl/α,β-unsaturated/α-hetero) is 1. The number of carbonyl (C=O) groups excluding carboxylic acids is 2. The quantitative estimate of drug-likeness (QED) is 0.176. The monoisotopic (exact) mass is 580 g/mol. The Morgan fingerprint density at radius 2 is 1.62 bits per heavy atom. The molecule has 6 N–H and O–H groups in total. The van der Waals surface area contributed by atoms with Crippen molar-refractivity contribution in [2.75, 3.05) is 6.61 Å². The van der Waals surface area contributed by atoms with E-state index in [4.69, 9.17) is 18.9 Å². The maximum absolute atomic E-state index is 12.9. The number of hydrogen-bond acceptors (Lipinski definition) is 12. The van der Waals surface area contributed by atoms with E-state index in [1.165, 1.54) is 36.4 Å². The minimum Gasteiger partial charge on any atom is -0.508 e. The van der Waals surface area contributed by atoms with Crippen LogP contribution in [-0.4, -0.2) is 79.7 Å². The predicted octanol–water partition coefficient (Wildman–Crippen LogP) is 1.95. The van der Waals surface area contributed by atoms with E-state index in [-0.39, 0.29) is 35.0 Å². The number of aromatic hydroxyl groups is 3. The molecule has 3 aromatic carbocycles. The molecule has 0 aromatic heterocycles. The van der Waals surface area contributed by atoms with Crippen molar-refractivity contribution in [1.82, 2.24) is 0 Å². The summed E-state index contributed by atoms with van der Waals surface area (Å²) in [4.78, 5) is 25.5. The van der Waals surface area contributed by atoms with Crippen LogP contribution in [0.2, 0.25) is 0 Å². The van der Waals surface area contributed by atoms with Crippen LogP contribution in [0.4, 0.5) is 0 Å². The topological polar surface area (TPSA) is 192 Å².